The third-order valence-electron chi connectivity index (χ3n) is 3.58. The maximum atomic E-state index is 5.55. The Labute approximate surface area is 113 Å². The summed E-state index contributed by atoms with van der Waals surface area (Å²) in [4.78, 5) is 5.49. The van der Waals surface area contributed by atoms with E-state index in [-0.39, 0.29) is 0 Å². The van der Waals surface area contributed by atoms with Gasteiger partial charge in [-0.05, 0) is 22.6 Å². The average molecular weight is 256 g/mol. The van der Waals surface area contributed by atoms with Crippen LogP contribution >= 0.6 is 12.2 Å². The number of benzene rings is 1. The van der Waals surface area contributed by atoms with Gasteiger partial charge in [0.2, 0.25) is 0 Å². The van der Waals surface area contributed by atoms with E-state index in [0.717, 1.165) is 18.0 Å². The first-order valence-corrected chi connectivity index (χ1v) is 6.57. The van der Waals surface area contributed by atoms with Gasteiger partial charge in [0, 0.05) is 37.6 Å². The van der Waals surface area contributed by atoms with Crippen molar-refractivity contribution in [2.24, 2.45) is 0 Å². The molecular weight excluding hydrogens is 240 g/mol. The molecular formula is C15H16N2S. The number of likely N-dealkylation sites (N-methyl/N-ethyl adjacent to an activating group) is 2. The number of hydrogen-bond acceptors (Lipinski definition) is 3. The summed E-state index contributed by atoms with van der Waals surface area (Å²) in [6, 6.07) is 8.38. The maximum absolute atomic E-state index is 5.55. The molecule has 1 aliphatic heterocycles. The molecule has 1 fully saturated rings. The second-order valence-electron chi connectivity index (χ2n) is 4.86. The quantitative estimate of drug-likeness (QED) is 0.499. The smallest absolute Gasteiger partial charge is 0.112 e. The number of thiocarbonyl (C=S) groups is 1. The van der Waals surface area contributed by atoms with Crippen LogP contribution in [0.15, 0.2) is 35.7 Å². The molecule has 0 amide bonds. The summed E-state index contributed by atoms with van der Waals surface area (Å²) in [7, 11) is 4.26. The highest BCUT2D eigenvalue weighted by Gasteiger charge is 2.23. The Balaban J connectivity index is 2.25. The molecule has 0 spiro atoms. The Bertz CT molecular complexity index is 645. The third-order valence-corrected chi connectivity index (χ3v) is 3.92. The molecule has 1 aliphatic carbocycles. The number of rotatable bonds is 0. The van der Waals surface area contributed by atoms with Gasteiger partial charge < -0.3 is 9.80 Å². The topological polar surface area (TPSA) is 6.48 Å². The van der Waals surface area contributed by atoms with E-state index in [9.17, 15) is 0 Å². The van der Waals surface area contributed by atoms with E-state index in [1.165, 1.54) is 21.8 Å². The first-order valence-electron chi connectivity index (χ1n) is 6.16. The Hall–Kier alpha value is -1.61. The van der Waals surface area contributed by atoms with E-state index < -0.39 is 0 Å². The van der Waals surface area contributed by atoms with Gasteiger partial charge in [-0.3, -0.25) is 0 Å². The highest BCUT2D eigenvalue weighted by Crippen LogP contribution is 2.21. The fourth-order valence-corrected chi connectivity index (χ4v) is 2.89. The summed E-state index contributed by atoms with van der Waals surface area (Å²) in [5.74, 6) is 1.24. The minimum Gasteiger partial charge on any atom is -0.359 e. The van der Waals surface area contributed by atoms with Crippen molar-refractivity contribution in [3.8, 4) is 0 Å². The molecule has 0 radical (unpaired) electrons. The van der Waals surface area contributed by atoms with Gasteiger partial charge in [-0.25, -0.2) is 0 Å². The molecule has 1 heterocycles. The standard InChI is InChI=1S/C15H16N2S/c1-16-7-8-17(2)15(16)13-9-11-5-3-4-6-12(11)10-14(13)18/h3-6,9-10H,7-8H2,1-2H3. The van der Waals surface area contributed by atoms with E-state index >= 15 is 0 Å². The molecule has 0 unspecified atom stereocenters. The van der Waals surface area contributed by atoms with Crippen LogP contribution in [0.3, 0.4) is 0 Å². The predicted molar refractivity (Wildman–Crippen MR) is 79.5 cm³/mol. The average Bonchev–Trinajstić information content (AvgIpc) is 2.68. The summed E-state index contributed by atoms with van der Waals surface area (Å²) < 4.78 is 0. The zero-order valence-electron chi connectivity index (χ0n) is 10.7. The molecule has 3 rings (SSSR count). The molecule has 0 bridgehead atoms. The first kappa shape index (κ1) is 11.5. The third kappa shape index (κ3) is 1.75. The van der Waals surface area contributed by atoms with Crippen molar-refractivity contribution < 1.29 is 0 Å². The van der Waals surface area contributed by atoms with Crippen molar-refractivity contribution in [1.82, 2.24) is 9.80 Å². The van der Waals surface area contributed by atoms with Gasteiger partial charge in [0.05, 0.1) is 0 Å². The van der Waals surface area contributed by atoms with Crippen molar-refractivity contribution in [2.45, 2.75) is 0 Å². The lowest BCUT2D eigenvalue weighted by molar-refractivity contribution is 0.421. The molecule has 1 aromatic carbocycles. The largest absolute Gasteiger partial charge is 0.359 e. The first-order chi connectivity index (χ1) is 8.66. The summed E-state index contributed by atoms with van der Waals surface area (Å²) >= 11 is 5.55. The van der Waals surface area contributed by atoms with Gasteiger partial charge in [0.15, 0.2) is 0 Å². The van der Waals surface area contributed by atoms with Gasteiger partial charge in [0.1, 0.15) is 5.82 Å². The van der Waals surface area contributed by atoms with Gasteiger partial charge in [-0.2, -0.15) is 0 Å². The molecule has 0 atom stereocenters. The Morgan fingerprint density at radius 1 is 0.944 bits per heavy atom. The van der Waals surface area contributed by atoms with E-state index in [1.54, 1.807) is 0 Å². The SMILES string of the molecule is CN1CCN(C)C1=C1C=c2ccccc2=CC1=S. The van der Waals surface area contributed by atoms with Crippen LogP contribution in [0.1, 0.15) is 0 Å². The summed E-state index contributed by atoms with van der Waals surface area (Å²) in [5.41, 5.74) is 1.17. The van der Waals surface area contributed by atoms with Gasteiger partial charge in [0.25, 0.3) is 0 Å². The molecule has 18 heavy (non-hydrogen) atoms. The molecule has 0 saturated carbocycles. The maximum Gasteiger partial charge on any atom is 0.112 e. The van der Waals surface area contributed by atoms with E-state index in [4.69, 9.17) is 12.2 Å². The van der Waals surface area contributed by atoms with Crippen molar-refractivity contribution in [3.63, 3.8) is 0 Å². The fourth-order valence-electron chi connectivity index (χ4n) is 2.61. The lowest BCUT2D eigenvalue weighted by atomic mass is 10.0. The van der Waals surface area contributed by atoms with Gasteiger partial charge in [-0.15, -0.1) is 0 Å². The molecule has 1 saturated heterocycles. The lowest BCUT2D eigenvalue weighted by Crippen LogP contribution is -2.31. The van der Waals surface area contributed by atoms with Gasteiger partial charge in [-0.1, -0.05) is 36.5 Å². The van der Waals surface area contributed by atoms with Crippen LogP contribution < -0.4 is 10.4 Å². The monoisotopic (exact) mass is 256 g/mol. The van der Waals surface area contributed by atoms with Crippen LogP contribution in [0.2, 0.25) is 0 Å². The molecule has 92 valence electrons. The van der Waals surface area contributed by atoms with Crippen molar-refractivity contribution in [3.05, 3.63) is 46.1 Å². The number of allylic oxidation sites excluding steroid dienone is 1. The number of fused-ring (bicyclic) bond motifs is 1. The Kier molecular flexibility index (Phi) is 2.71. The summed E-state index contributed by atoms with van der Waals surface area (Å²) in [6.07, 6.45) is 4.32. The summed E-state index contributed by atoms with van der Waals surface area (Å²) in [6.45, 7) is 2.13. The lowest BCUT2D eigenvalue weighted by Gasteiger charge is -2.22. The van der Waals surface area contributed by atoms with E-state index in [1.807, 2.05) is 0 Å². The second kappa shape index (κ2) is 4.25. The highest BCUT2D eigenvalue weighted by atomic mass is 32.1. The van der Waals surface area contributed by atoms with Crippen molar-refractivity contribution >= 4 is 29.2 Å². The van der Waals surface area contributed by atoms with Crippen LogP contribution in [0.5, 0.6) is 0 Å². The van der Waals surface area contributed by atoms with Crippen LogP contribution in [0.25, 0.3) is 12.2 Å². The van der Waals surface area contributed by atoms with Crippen LogP contribution in [0.4, 0.5) is 0 Å². The van der Waals surface area contributed by atoms with Crippen LogP contribution in [-0.2, 0) is 0 Å². The van der Waals surface area contributed by atoms with Gasteiger partial charge >= 0.3 is 0 Å². The number of nitrogens with zero attached hydrogens (tertiary/aromatic N) is 2. The zero-order valence-corrected chi connectivity index (χ0v) is 11.5. The van der Waals surface area contributed by atoms with Crippen LogP contribution in [0, 0.1) is 0 Å². The summed E-state index contributed by atoms with van der Waals surface area (Å²) in [5, 5.41) is 2.47. The normalized spacial score (nSPS) is 18.7. The van der Waals surface area contributed by atoms with Crippen molar-refractivity contribution in [2.75, 3.05) is 27.2 Å². The molecule has 3 heteroatoms. The van der Waals surface area contributed by atoms with Crippen LogP contribution in [-0.4, -0.2) is 41.8 Å². The Morgan fingerprint density at radius 2 is 1.50 bits per heavy atom. The molecule has 0 N–H and O–H groups in total. The highest BCUT2D eigenvalue weighted by molar-refractivity contribution is 7.81. The van der Waals surface area contributed by atoms with Crippen molar-refractivity contribution in [1.29, 1.82) is 0 Å². The predicted octanol–water partition coefficient (Wildman–Crippen LogP) is 0.720. The fraction of sp³-hybridized carbons (Fsp3) is 0.267. The second-order valence-corrected chi connectivity index (χ2v) is 5.30. The number of hydrogen-bond donors (Lipinski definition) is 0. The van der Waals surface area contributed by atoms with E-state index in [2.05, 4.69) is 60.3 Å². The molecule has 2 nitrogen and oxygen atoms in total. The van der Waals surface area contributed by atoms with E-state index in [0.29, 0.717) is 0 Å². The molecule has 2 aliphatic rings. The zero-order chi connectivity index (χ0) is 12.7. The minimum absolute atomic E-state index is 0.935. The molecule has 0 aromatic heterocycles. The minimum atomic E-state index is 0.935. The molecule has 1 aromatic rings. The Morgan fingerprint density at radius 3 is 2.11 bits per heavy atom.